The molecule has 2 amide bonds. The van der Waals surface area contributed by atoms with E-state index in [1.165, 1.54) is 143 Å². The quantitative estimate of drug-likeness (QED) is 0.0129. The number of hydrogen-bond acceptors (Lipinski definition) is 15. The lowest BCUT2D eigenvalue weighted by Gasteiger charge is -2.45. The minimum atomic E-state index is -4.99. The Hall–Kier alpha value is -1.75. The Kier molecular flexibility index (Phi) is 54.0. The number of hydrogen-bond donors (Lipinski definition) is 7. The lowest BCUT2D eigenvalue weighted by Crippen LogP contribution is -2.66. The van der Waals surface area contributed by atoms with Gasteiger partial charge in [0.05, 0.1) is 25.2 Å². The molecule has 23 heteroatoms. The van der Waals surface area contributed by atoms with Crippen LogP contribution in [0.15, 0.2) is 12.2 Å². The smallest absolute Gasteiger partial charge is 0.388 e. The standard InChI is InChI=1S/C37H72NO10P.C31H60NO9P/c1-6-8-10-12-13-14-15-16-17-18-19-20-21-23-25-27-33(39)38-34-36(46-29-28-31(44-4)26-24-22-11-9-7-2)35(48-49(40,41)42)32(30-43-3)47-37(34)45-5;1-4-7-9-11-13-15-16-18-20-22-25(33)24-27(34)32-28-30(39-23-21-19-17-14-12-10-8-5-2)29(35)26(6-3)40-31(28)41-42(36,37)38/h14-15,31-32,34-37H,6-13,16-30H2,1-5H3,(H,38,39)(H2,40,41,42);26,28-31,35H,4-24H2,1-3H3,(H,32,34)(H2,36,37,38)/b15-14-;. The molecule has 2 fully saturated rings. The van der Waals surface area contributed by atoms with E-state index in [9.17, 15) is 48.2 Å². The maximum absolute atomic E-state index is 13.1. The fourth-order valence-corrected chi connectivity index (χ4v) is 12.8. The second kappa shape index (κ2) is 56.3. The van der Waals surface area contributed by atoms with Crippen LogP contribution in [0.5, 0.6) is 0 Å². The molecule has 2 saturated heterocycles. The highest BCUT2D eigenvalue weighted by molar-refractivity contribution is 7.46. The Morgan fingerprint density at radius 2 is 0.923 bits per heavy atom. The summed E-state index contributed by atoms with van der Waals surface area (Å²) in [6.07, 6.45) is 38.2. The van der Waals surface area contributed by atoms with Gasteiger partial charge in [-0.25, -0.2) is 9.13 Å². The second-order valence-corrected chi connectivity index (χ2v) is 27.5. The van der Waals surface area contributed by atoms with Crippen molar-refractivity contribution in [3.05, 3.63) is 12.2 Å². The zero-order chi connectivity index (χ0) is 67.4. The van der Waals surface area contributed by atoms with E-state index in [0.29, 0.717) is 32.3 Å². The maximum atomic E-state index is 13.1. The molecule has 2 aliphatic rings. The summed E-state index contributed by atoms with van der Waals surface area (Å²) < 4.78 is 74.4. The number of phosphoric acid groups is 2. The first-order valence-electron chi connectivity index (χ1n) is 35.8. The number of ketones is 1. The van der Waals surface area contributed by atoms with Crippen molar-refractivity contribution < 1.29 is 90.4 Å². The van der Waals surface area contributed by atoms with E-state index in [2.05, 4.69) is 50.5 Å². The van der Waals surface area contributed by atoms with Gasteiger partial charge in [0.25, 0.3) is 0 Å². The Morgan fingerprint density at radius 3 is 1.42 bits per heavy atom. The summed E-state index contributed by atoms with van der Waals surface area (Å²) in [5.41, 5.74) is 0. The van der Waals surface area contributed by atoms with Crippen molar-refractivity contribution >= 4 is 33.2 Å². The van der Waals surface area contributed by atoms with Gasteiger partial charge >= 0.3 is 15.6 Å². The van der Waals surface area contributed by atoms with Gasteiger partial charge < -0.3 is 68.5 Å². The van der Waals surface area contributed by atoms with Crippen LogP contribution in [-0.4, -0.2) is 151 Å². The lowest BCUT2D eigenvalue weighted by atomic mass is 9.94. The summed E-state index contributed by atoms with van der Waals surface area (Å²) in [6.45, 7) is 11.1. The highest BCUT2D eigenvalue weighted by Gasteiger charge is 2.51. The van der Waals surface area contributed by atoms with Crippen molar-refractivity contribution in [1.82, 2.24) is 10.6 Å². The molecule has 91 heavy (non-hydrogen) atoms. The molecule has 0 aliphatic carbocycles. The van der Waals surface area contributed by atoms with Crippen molar-refractivity contribution in [2.75, 3.05) is 41.2 Å². The van der Waals surface area contributed by atoms with Crippen molar-refractivity contribution in [3.8, 4) is 0 Å². The fourth-order valence-electron chi connectivity index (χ4n) is 11.8. The molecule has 0 saturated carbocycles. The van der Waals surface area contributed by atoms with Gasteiger partial charge in [-0.3, -0.25) is 23.4 Å². The summed E-state index contributed by atoms with van der Waals surface area (Å²) >= 11 is 0. The van der Waals surface area contributed by atoms with Crippen LogP contribution in [-0.2, 0) is 65.7 Å². The van der Waals surface area contributed by atoms with E-state index < -0.39 is 82.8 Å². The number of allylic oxidation sites excluding steroid dienone is 2. The average molecular weight is 1340 g/mol. The van der Waals surface area contributed by atoms with E-state index in [1.54, 1.807) is 14.0 Å². The van der Waals surface area contributed by atoms with Crippen molar-refractivity contribution in [2.24, 2.45) is 0 Å². The van der Waals surface area contributed by atoms with E-state index in [-0.39, 0.29) is 37.4 Å². The molecule has 2 aliphatic heterocycles. The molecule has 11 unspecified atom stereocenters. The molecule has 0 aromatic heterocycles. The van der Waals surface area contributed by atoms with Crippen molar-refractivity contribution in [1.29, 1.82) is 0 Å². The number of methoxy groups -OCH3 is 3. The minimum absolute atomic E-state index is 0.0145. The van der Waals surface area contributed by atoms with Crippen LogP contribution in [0.4, 0.5) is 0 Å². The summed E-state index contributed by atoms with van der Waals surface area (Å²) in [5.74, 6) is -1.03. The van der Waals surface area contributed by atoms with Gasteiger partial charge in [0, 0.05) is 47.4 Å². The zero-order valence-electron chi connectivity index (χ0n) is 58.0. The SMILES string of the molecule is CCCCCC/C=C\CCCCCCCCCC(=O)NC1C(OC)OC(COC)C(OP(=O)(O)O)C1OCCC(CCCCCCC)OC.CCCCCCCCCCCC(=O)CC(=O)NC1C(OP(=O)(O)O)OC(CC)C(O)C1OCCCCCCCCCC. The van der Waals surface area contributed by atoms with E-state index in [4.69, 9.17) is 42.2 Å². The van der Waals surface area contributed by atoms with E-state index in [0.717, 1.165) is 103 Å². The summed E-state index contributed by atoms with van der Waals surface area (Å²) in [5, 5.41) is 16.6. The topological polar surface area (TPSA) is 294 Å². The first kappa shape index (κ1) is 87.3. The van der Waals surface area contributed by atoms with Crippen molar-refractivity contribution in [3.63, 3.8) is 0 Å². The molecule has 11 atom stereocenters. The van der Waals surface area contributed by atoms with Crippen LogP contribution in [0, 0.1) is 0 Å². The molecular weight excluding hydrogens is 1210 g/mol. The minimum Gasteiger partial charge on any atom is -0.388 e. The zero-order valence-corrected chi connectivity index (χ0v) is 59.8. The van der Waals surface area contributed by atoms with Crippen molar-refractivity contribution in [2.45, 2.75) is 365 Å². The van der Waals surface area contributed by atoms with Crippen LogP contribution in [0.1, 0.15) is 298 Å². The summed E-state index contributed by atoms with van der Waals surface area (Å²) in [4.78, 5) is 77.0. The monoisotopic (exact) mass is 1340 g/mol. The number of ether oxygens (including phenoxy) is 7. The van der Waals surface area contributed by atoms with Gasteiger partial charge in [-0.1, -0.05) is 227 Å². The first-order chi connectivity index (χ1) is 43.8. The third kappa shape index (κ3) is 44.7. The molecule has 0 radical (unpaired) electrons. The van der Waals surface area contributed by atoms with E-state index >= 15 is 0 Å². The number of aliphatic hydroxyl groups is 1. The number of carbonyl (C=O) groups excluding carboxylic acids is 3. The van der Waals surface area contributed by atoms with Crippen LogP contribution >= 0.6 is 15.6 Å². The summed E-state index contributed by atoms with van der Waals surface area (Å²) in [7, 11) is -5.34. The van der Waals surface area contributed by atoms with E-state index in [1.807, 2.05) is 0 Å². The van der Waals surface area contributed by atoms with Gasteiger partial charge in [-0.05, 0) is 64.2 Å². The molecule has 7 N–H and O–H groups in total. The Labute approximate surface area is 550 Å². The molecule has 0 aromatic carbocycles. The maximum Gasteiger partial charge on any atom is 0.472 e. The number of amides is 2. The number of rotatable bonds is 58. The Morgan fingerprint density at radius 1 is 0.484 bits per heavy atom. The number of phosphoric ester groups is 2. The predicted molar refractivity (Wildman–Crippen MR) is 358 cm³/mol. The normalized spacial score (nSPS) is 22.4. The number of unbranched alkanes of at least 4 members (excludes halogenated alkanes) is 30. The molecule has 0 spiro atoms. The third-order valence-electron chi connectivity index (χ3n) is 17.0. The number of carbonyl (C=O) groups is 3. The lowest BCUT2D eigenvalue weighted by molar-refractivity contribution is -0.268. The molecule has 2 heterocycles. The summed E-state index contributed by atoms with van der Waals surface area (Å²) in [6, 6.07) is -2.06. The Bertz CT molecular complexity index is 1900. The molecular formula is C68H132N2O19P2. The second-order valence-electron chi connectivity index (χ2n) is 25.1. The highest BCUT2D eigenvalue weighted by Crippen LogP contribution is 2.43. The predicted octanol–water partition coefficient (Wildman–Crippen LogP) is 14.6. The number of nitrogens with one attached hydrogen (secondary N) is 2. The van der Waals surface area contributed by atoms with Gasteiger partial charge in [-0.15, -0.1) is 0 Å². The van der Waals surface area contributed by atoms with Crippen LogP contribution < -0.4 is 10.6 Å². The number of Topliss-reactive ketones (excluding diaryl/α,β-unsaturated/α-hetero) is 1. The third-order valence-corrected chi connectivity index (χ3v) is 18.0. The average Bonchev–Trinajstić information content (AvgIpc) is 0.825. The highest BCUT2D eigenvalue weighted by atomic mass is 31.2. The molecule has 2 rings (SSSR count). The molecule has 538 valence electrons. The first-order valence-corrected chi connectivity index (χ1v) is 38.9. The largest absolute Gasteiger partial charge is 0.472 e. The number of aliphatic hydroxyl groups excluding tert-OH is 1. The van der Waals surface area contributed by atoms with Gasteiger partial charge in [0.1, 0.15) is 48.4 Å². The fraction of sp³-hybridized carbons (Fsp3) is 0.926. The van der Waals surface area contributed by atoms with Crippen LogP contribution in [0.25, 0.3) is 0 Å². The van der Waals surface area contributed by atoms with Gasteiger partial charge in [-0.2, -0.15) is 0 Å². The van der Waals surface area contributed by atoms with Gasteiger partial charge in [0.15, 0.2) is 12.6 Å². The Balaban J connectivity index is 0.000000921. The molecule has 21 nitrogen and oxygen atoms in total. The van der Waals surface area contributed by atoms with Crippen LogP contribution in [0.2, 0.25) is 0 Å². The van der Waals surface area contributed by atoms with Crippen LogP contribution in [0.3, 0.4) is 0 Å². The van der Waals surface area contributed by atoms with Gasteiger partial charge in [0.2, 0.25) is 11.8 Å². The molecule has 0 aromatic rings. The molecule has 0 bridgehead atoms.